The highest BCUT2D eigenvalue weighted by atomic mass is 32.2. The van der Waals surface area contributed by atoms with E-state index in [4.69, 9.17) is 10.8 Å². The van der Waals surface area contributed by atoms with Crippen molar-refractivity contribution in [2.24, 2.45) is 5.73 Å². The number of carbonyl (C=O) groups excluding carboxylic acids is 3. The fourth-order valence-corrected chi connectivity index (χ4v) is 4.31. The molecular formula is C25H35N5O8S. The number of amides is 3. The molecule has 2 aromatic rings. The van der Waals surface area contributed by atoms with E-state index >= 15 is 0 Å². The summed E-state index contributed by atoms with van der Waals surface area (Å²) in [6, 6.07) is 2.17. The zero-order valence-electron chi connectivity index (χ0n) is 21.7. The van der Waals surface area contributed by atoms with E-state index in [-0.39, 0.29) is 25.7 Å². The van der Waals surface area contributed by atoms with Gasteiger partial charge in [-0.05, 0) is 43.4 Å². The first-order valence-corrected chi connectivity index (χ1v) is 13.7. The van der Waals surface area contributed by atoms with Gasteiger partial charge in [0.2, 0.25) is 17.7 Å². The number of hydrogen-bond donors (Lipinski definition) is 8. The van der Waals surface area contributed by atoms with Gasteiger partial charge in [0.15, 0.2) is 0 Å². The highest BCUT2D eigenvalue weighted by Gasteiger charge is 2.32. The SMILES string of the molecule is CSCCC(NC(=O)C(NC(=O)C(N)CCC(=O)O)C(C)O)C(=O)NC(Cc1c[nH]c2ccccc12)C(=O)O. The summed E-state index contributed by atoms with van der Waals surface area (Å²) in [7, 11) is 0. The number of thioether (sulfide) groups is 1. The molecule has 39 heavy (non-hydrogen) atoms. The fourth-order valence-electron chi connectivity index (χ4n) is 3.83. The maximum Gasteiger partial charge on any atom is 0.326 e. The van der Waals surface area contributed by atoms with Gasteiger partial charge in [0.1, 0.15) is 18.1 Å². The molecule has 9 N–H and O–H groups in total. The second-order valence-corrected chi connectivity index (χ2v) is 10.1. The number of carboxylic acid groups (broad SMARTS) is 2. The number of carboxylic acids is 2. The molecule has 0 saturated heterocycles. The lowest BCUT2D eigenvalue weighted by Gasteiger charge is -2.26. The Morgan fingerprint density at radius 3 is 2.26 bits per heavy atom. The summed E-state index contributed by atoms with van der Waals surface area (Å²) in [4.78, 5) is 64.3. The molecule has 0 bridgehead atoms. The molecule has 0 spiro atoms. The van der Waals surface area contributed by atoms with Crippen LogP contribution < -0.4 is 21.7 Å². The van der Waals surface area contributed by atoms with Gasteiger partial charge in [-0.25, -0.2) is 4.79 Å². The van der Waals surface area contributed by atoms with Gasteiger partial charge in [0.05, 0.1) is 12.1 Å². The Labute approximate surface area is 229 Å². The van der Waals surface area contributed by atoms with Gasteiger partial charge >= 0.3 is 11.9 Å². The van der Waals surface area contributed by atoms with Crippen LogP contribution in [0.5, 0.6) is 0 Å². The third kappa shape index (κ3) is 9.57. The highest BCUT2D eigenvalue weighted by Crippen LogP contribution is 2.19. The van der Waals surface area contributed by atoms with Crippen molar-refractivity contribution in [3.63, 3.8) is 0 Å². The second kappa shape index (κ2) is 15.1. The number of para-hydroxylation sites is 1. The van der Waals surface area contributed by atoms with Crippen molar-refractivity contribution in [2.45, 2.75) is 62.9 Å². The van der Waals surface area contributed by atoms with Gasteiger partial charge in [0, 0.05) is 29.9 Å². The van der Waals surface area contributed by atoms with Gasteiger partial charge in [-0.3, -0.25) is 19.2 Å². The number of hydrogen-bond acceptors (Lipinski definition) is 8. The number of aliphatic carboxylic acids is 2. The van der Waals surface area contributed by atoms with E-state index in [1.54, 1.807) is 12.5 Å². The van der Waals surface area contributed by atoms with E-state index in [0.717, 1.165) is 10.9 Å². The summed E-state index contributed by atoms with van der Waals surface area (Å²) >= 11 is 1.41. The van der Waals surface area contributed by atoms with Crippen LogP contribution in [-0.4, -0.2) is 92.2 Å². The molecule has 13 nitrogen and oxygen atoms in total. The van der Waals surface area contributed by atoms with Crippen molar-refractivity contribution in [1.29, 1.82) is 0 Å². The molecule has 5 unspecified atom stereocenters. The molecule has 14 heteroatoms. The number of aromatic amines is 1. The Morgan fingerprint density at radius 2 is 1.64 bits per heavy atom. The molecule has 5 atom stereocenters. The normalized spacial score (nSPS) is 15.0. The number of carbonyl (C=O) groups is 5. The quantitative estimate of drug-likeness (QED) is 0.131. The van der Waals surface area contributed by atoms with Crippen LogP contribution >= 0.6 is 11.8 Å². The predicted molar refractivity (Wildman–Crippen MR) is 145 cm³/mol. The lowest BCUT2D eigenvalue weighted by molar-refractivity contribution is -0.142. The van der Waals surface area contributed by atoms with Crippen LogP contribution in [0.1, 0.15) is 31.7 Å². The van der Waals surface area contributed by atoms with Crippen LogP contribution in [0.15, 0.2) is 30.5 Å². The minimum absolute atomic E-state index is 0.00509. The van der Waals surface area contributed by atoms with E-state index in [1.807, 2.05) is 24.3 Å². The average Bonchev–Trinajstić information content (AvgIpc) is 3.29. The standard InChI is InChI=1S/C25H35N5O8S/c1-13(31)21(30-22(34)16(26)7-8-20(32)33)24(36)28-18(9-10-39-2)23(35)29-19(25(37)38)11-14-12-27-17-6-4-3-5-15(14)17/h3-6,12-13,16,18-19,21,27,31H,7-11,26H2,1-2H3,(H,28,36)(H,29,35)(H,30,34)(H,32,33)(H,37,38). The Hall–Kier alpha value is -3.62. The maximum atomic E-state index is 13.1. The molecule has 0 aliphatic carbocycles. The number of nitrogens with one attached hydrogen (secondary N) is 4. The van der Waals surface area contributed by atoms with E-state index in [9.17, 15) is 34.2 Å². The van der Waals surface area contributed by atoms with Crippen molar-refractivity contribution in [2.75, 3.05) is 12.0 Å². The number of benzene rings is 1. The first kappa shape index (κ1) is 31.6. The summed E-state index contributed by atoms with van der Waals surface area (Å²) in [5, 5.41) is 36.7. The second-order valence-electron chi connectivity index (χ2n) is 9.07. The number of aromatic nitrogens is 1. The minimum Gasteiger partial charge on any atom is -0.481 e. The molecule has 0 fully saturated rings. The molecule has 2 rings (SSSR count). The maximum absolute atomic E-state index is 13.1. The van der Waals surface area contributed by atoms with E-state index in [2.05, 4.69) is 20.9 Å². The zero-order chi connectivity index (χ0) is 29.1. The monoisotopic (exact) mass is 565 g/mol. The highest BCUT2D eigenvalue weighted by molar-refractivity contribution is 7.98. The number of H-pyrrole nitrogens is 1. The van der Waals surface area contributed by atoms with Crippen molar-refractivity contribution >= 4 is 52.3 Å². The summed E-state index contributed by atoms with van der Waals surface area (Å²) in [6.45, 7) is 1.26. The Kier molecular flexibility index (Phi) is 12.2. The number of fused-ring (bicyclic) bond motifs is 1. The molecule has 1 aromatic heterocycles. The van der Waals surface area contributed by atoms with Crippen LogP contribution in [0.3, 0.4) is 0 Å². The molecule has 3 amide bonds. The number of aliphatic hydroxyl groups excluding tert-OH is 1. The molecular weight excluding hydrogens is 530 g/mol. The van der Waals surface area contributed by atoms with Crippen LogP contribution in [-0.2, 0) is 30.4 Å². The summed E-state index contributed by atoms with van der Waals surface area (Å²) in [5.74, 6) is -4.41. The molecule has 0 aliphatic heterocycles. The zero-order valence-corrected chi connectivity index (χ0v) is 22.5. The summed E-state index contributed by atoms with van der Waals surface area (Å²) < 4.78 is 0. The van der Waals surface area contributed by atoms with Crippen molar-refractivity contribution < 1.29 is 39.3 Å². The molecule has 1 aromatic carbocycles. The molecule has 1 heterocycles. The molecule has 0 saturated carbocycles. The van der Waals surface area contributed by atoms with Gasteiger partial charge in [-0.15, -0.1) is 0 Å². The van der Waals surface area contributed by atoms with Crippen molar-refractivity contribution in [3.8, 4) is 0 Å². The largest absolute Gasteiger partial charge is 0.481 e. The number of nitrogens with two attached hydrogens (primary N) is 1. The van der Waals surface area contributed by atoms with Crippen molar-refractivity contribution in [1.82, 2.24) is 20.9 Å². The Bertz CT molecular complexity index is 1170. The van der Waals surface area contributed by atoms with E-state index in [1.165, 1.54) is 18.7 Å². The number of aliphatic hydroxyl groups is 1. The minimum atomic E-state index is -1.49. The Balaban J connectivity index is 2.13. The summed E-state index contributed by atoms with van der Waals surface area (Å²) in [6.07, 6.45) is 1.70. The molecule has 0 radical (unpaired) electrons. The lowest BCUT2D eigenvalue weighted by atomic mass is 10.0. The van der Waals surface area contributed by atoms with Gasteiger partial charge in [-0.2, -0.15) is 11.8 Å². The van der Waals surface area contributed by atoms with Gasteiger partial charge in [0.25, 0.3) is 0 Å². The fraction of sp³-hybridized carbons (Fsp3) is 0.480. The third-order valence-electron chi connectivity index (χ3n) is 6.03. The van der Waals surface area contributed by atoms with Gasteiger partial charge < -0.3 is 42.0 Å². The van der Waals surface area contributed by atoms with Gasteiger partial charge in [-0.1, -0.05) is 18.2 Å². The van der Waals surface area contributed by atoms with E-state index < -0.39 is 59.9 Å². The first-order chi connectivity index (χ1) is 18.4. The Morgan fingerprint density at radius 1 is 0.974 bits per heavy atom. The topological polar surface area (TPSA) is 224 Å². The van der Waals surface area contributed by atoms with E-state index in [0.29, 0.717) is 11.3 Å². The molecule has 214 valence electrons. The van der Waals surface area contributed by atoms with Crippen LogP contribution in [0.4, 0.5) is 0 Å². The van der Waals surface area contributed by atoms with Crippen LogP contribution in [0, 0.1) is 0 Å². The average molecular weight is 566 g/mol. The smallest absolute Gasteiger partial charge is 0.326 e. The summed E-state index contributed by atoms with van der Waals surface area (Å²) in [5.41, 5.74) is 7.20. The third-order valence-corrected chi connectivity index (χ3v) is 6.67. The lowest BCUT2D eigenvalue weighted by Crippen LogP contribution is -2.60. The van der Waals surface area contributed by atoms with Crippen LogP contribution in [0.25, 0.3) is 10.9 Å². The number of rotatable bonds is 16. The predicted octanol–water partition coefficient (Wildman–Crippen LogP) is -0.425. The molecule has 0 aliphatic rings. The van der Waals surface area contributed by atoms with Crippen LogP contribution in [0.2, 0.25) is 0 Å². The first-order valence-electron chi connectivity index (χ1n) is 12.3. The van der Waals surface area contributed by atoms with Crippen molar-refractivity contribution in [3.05, 3.63) is 36.0 Å².